The summed E-state index contributed by atoms with van der Waals surface area (Å²) in [5.41, 5.74) is -1.45. The van der Waals surface area contributed by atoms with E-state index in [1.165, 1.54) is 0 Å². The van der Waals surface area contributed by atoms with Crippen LogP contribution in [0.5, 0.6) is 0 Å². The lowest BCUT2D eigenvalue weighted by atomic mass is 9.84. The average molecular weight is 229 g/mol. The number of hydrogen-bond donors (Lipinski definition) is 1. The van der Waals surface area contributed by atoms with Crippen molar-refractivity contribution in [3.8, 4) is 0 Å². The van der Waals surface area contributed by atoms with Crippen molar-refractivity contribution in [2.45, 2.75) is 43.9 Å². The standard InChI is InChI=1S/C9H12ClF3O/c10-7(6-9(11,12)13)8(14)4-2-1-3-5-8/h6,14H,1-5H2/b7-6+. The van der Waals surface area contributed by atoms with Crippen molar-refractivity contribution in [1.29, 1.82) is 0 Å². The van der Waals surface area contributed by atoms with Crippen molar-refractivity contribution in [2.75, 3.05) is 0 Å². The van der Waals surface area contributed by atoms with Crippen LogP contribution in [0.3, 0.4) is 0 Å². The van der Waals surface area contributed by atoms with E-state index in [2.05, 4.69) is 0 Å². The van der Waals surface area contributed by atoms with Gasteiger partial charge in [0.25, 0.3) is 0 Å². The average Bonchev–Trinajstić information content (AvgIpc) is 2.02. The maximum atomic E-state index is 12.0. The topological polar surface area (TPSA) is 20.2 Å². The van der Waals surface area contributed by atoms with Crippen LogP contribution in [0, 0.1) is 0 Å². The molecule has 82 valence electrons. The summed E-state index contributed by atoms with van der Waals surface area (Å²) in [6, 6.07) is 0. The molecule has 1 N–H and O–H groups in total. The van der Waals surface area contributed by atoms with Gasteiger partial charge >= 0.3 is 6.18 Å². The molecule has 14 heavy (non-hydrogen) atoms. The zero-order chi connectivity index (χ0) is 10.8. The SMILES string of the molecule is OC1(/C(Cl)=C\C(F)(F)F)CCCCC1. The molecule has 0 unspecified atom stereocenters. The molecule has 0 heterocycles. The summed E-state index contributed by atoms with van der Waals surface area (Å²) in [4.78, 5) is 0. The molecule has 0 radical (unpaired) electrons. The Morgan fingerprint density at radius 2 is 1.71 bits per heavy atom. The van der Waals surface area contributed by atoms with Crippen LogP contribution in [0.4, 0.5) is 13.2 Å². The Balaban J connectivity index is 2.75. The van der Waals surface area contributed by atoms with Gasteiger partial charge in [0.05, 0.1) is 5.03 Å². The first-order valence-electron chi connectivity index (χ1n) is 4.51. The number of allylic oxidation sites excluding steroid dienone is 1. The molecule has 1 aliphatic carbocycles. The lowest BCUT2D eigenvalue weighted by Gasteiger charge is -2.31. The molecule has 0 saturated heterocycles. The van der Waals surface area contributed by atoms with Gasteiger partial charge in [0, 0.05) is 6.08 Å². The van der Waals surface area contributed by atoms with Gasteiger partial charge in [-0.3, -0.25) is 0 Å². The predicted molar refractivity (Wildman–Crippen MR) is 48.0 cm³/mol. The summed E-state index contributed by atoms with van der Waals surface area (Å²) in [7, 11) is 0. The highest BCUT2D eigenvalue weighted by Crippen LogP contribution is 2.37. The van der Waals surface area contributed by atoms with Gasteiger partial charge in [-0.15, -0.1) is 0 Å². The van der Waals surface area contributed by atoms with Crippen LogP contribution in [-0.2, 0) is 0 Å². The van der Waals surface area contributed by atoms with Gasteiger partial charge in [0.1, 0.15) is 5.60 Å². The van der Waals surface area contributed by atoms with E-state index in [0.29, 0.717) is 12.8 Å². The monoisotopic (exact) mass is 228 g/mol. The fraction of sp³-hybridized carbons (Fsp3) is 0.778. The van der Waals surface area contributed by atoms with Gasteiger partial charge in [-0.05, 0) is 12.8 Å². The molecule has 0 spiro atoms. The molecule has 0 aliphatic heterocycles. The third-order valence-corrected chi connectivity index (χ3v) is 2.88. The van der Waals surface area contributed by atoms with Crippen molar-refractivity contribution < 1.29 is 18.3 Å². The quantitative estimate of drug-likeness (QED) is 0.730. The number of hydrogen-bond acceptors (Lipinski definition) is 1. The smallest absolute Gasteiger partial charge is 0.384 e. The van der Waals surface area contributed by atoms with Crippen molar-refractivity contribution >= 4 is 11.6 Å². The van der Waals surface area contributed by atoms with E-state index in [4.69, 9.17) is 11.6 Å². The van der Waals surface area contributed by atoms with Crippen LogP contribution in [0.15, 0.2) is 11.1 Å². The highest BCUT2D eigenvalue weighted by atomic mass is 35.5. The number of aliphatic hydroxyl groups is 1. The third kappa shape index (κ3) is 3.17. The molecule has 0 amide bonds. The molecule has 5 heteroatoms. The van der Waals surface area contributed by atoms with Gasteiger partial charge in [-0.25, -0.2) is 0 Å². The molecule has 1 nitrogen and oxygen atoms in total. The fourth-order valence-electron chi connectivity index (χ4n) is 1.65. The van der Waals surface area contributed by atoms with E-state index >= 15 is 0 Å². The number of rotatable bonds is 1. The molecular formula is C9H12ClF3O. The van der Waals surface area contributed by atoms with E-state index < -0.39 is 16.8 Å². The largest absolute Gasteiger partial charge is 0.410 e. The fourth-order valence-corrected chi connectivity index (χ4v) is 1.97. The Kier molecular flexibility index (Phi) is 3.48. The second-order valence-electron chi connectivity index (χ2n) is 3.63. The Morgan fingerprint density at radius 3 is 2.14 bits per heavy atom. The van der Waals surface area contributed by atoms with E-state index in [0.717, 1.165) is 19.3 Å². The van der Waals surface area contributed by atoms with E-state index in [-0.39, 0.29) is 6.08 Å². The van der Waals surface area contributed by atoms with Crippen LogP contribution in [0.25, 0.3) is 0 Å². The summed E-state index contributed by atoms with van der Waals surface area (Å²) < 4.78 is 35.9. The summed E-state index contributed by atoms with van der Waals surface area (Å²) in [6.45, 7) is 0. The molecule has 1 fully saturated rings. The summed E-state index contributed by atoms with van der Waals surface area (Å²) in [5, 5.41) is 9.32. The molecule has 0 aromatic rings. The normalized spacial score (nSPS) is 23.6. The zero-order valence-corrected chi connectivity index (χ0v) is 8.33. The van der Waals surface area contributed by atoms with Crippen LogP contribution < -0.4 is 0 Å². The van der Waals surface area contributed by atoms with Crippen molar-refractivity contribution in [2.24, 2.45) is 0 Å². The second kappa shape index (κ2) is 4.11. The van der Waals surface area contributed by atoms with Crippen molar-refractivity contribution in [3.63, 3.8) is 0 Å². The molecule has 1 saturated carbocycles. The van der Waals surface area contributed by atoms with E-state index in [1.54, 1.807) is 0 Å². The highest BCUT2D eigenvalue weighted by Gasteiger charge is 2.36. The Hall–Kier alpha value is -0.220. The van der Waals surface area contributed by atoms with Gasteiger partial charge in [-0.2, -0.15) is 13.2 Å². The van der Waals surface area contributed by atoms with Gasteiger partial charge in [-0.1, -0.05) is 30.9 Å². The first-order chi connectivity index (χ1) is 6.33. The lowest BCUT2D eigenvalue weighted by molar-refractivity contribution is -0.0824. The Labute approximate surface area is 85.6 Å². The first-order valence-corrected chi connectivity index (χ1v) is 4.89. The van der Waals surface area contributed by atoms with Crippen LogP contribution in [0.1, 0.15) is 32.1 Å². The van der Waals surface area contributed by atoms with Gasteiger partial charge < -0.3 is 5.11 Å². The Morgan fingerprint density at radius 1 is 1.21 bits per heavy atom. The van der Waals surface area contributed by atoms with Crippen LogP contribution in [-0.4, -0.2) is 16.9 Å². The predicted octanol–water partition coefficient (Wildman–Crippen LogP) is 3.37. The minimum atomic E-state index is -4.45. The molecule has 0 atom stereocenters. The molecule has 1 aliphatic rings. The summed E-state index contributed by atoms with van der Waals surface area (Å²) >= 11 is 5.48. The maximum Gasteiger partial charge on any atom is 0.410 e. The maximum absolute atomic E-state index is 12.0. The summed E-state index contributed by atoms with van der Waals surface area (Å²) in [6.07, 6.45) is -1.45. The lowest BCUT2D eigenvalue weighted by Crippen LogP contribution is -2.32. The summed E-state index contributed by atoms with van der Waals surface area (Å²) in [5.74, 6) is 0. The van der Waals surface area contributed by atoms with Gasteiger partial charge in [0.2, 0.25) is 0 Å². The second-order valence-corrected chi connectivity index (χ2v) is 4.03. The Bertz CT molecular complexity index is 229. The first kappa shape index (κ1) is 11.9. The van der Waals surface area contributed by atoms with Gasteiger partial charge in [0.15, 0.2) is 0 Å². The van der Waals surface area contributed by atoms with Crippen molar-refractivity contribution in [1.82, 2.24) is 0 Å². The molecule has 0 bridgehead atoms. The molecule has 1 rings (SSSR count). The number of halogens is 4. The third-order valence-electron chi connectivity index (χ3n) is 2.42. The van der Waals surface area contributed by atoms with E-state index in [1.807, 2.05) is 0 Å². The van der Waals surface area contributed by atoms with Crippen LogP contribution in [0.2, 0.25) is 0 Å². The van der Waals surface area contributed by atoms with Crippen LogP contribution >= 0.6 is 11.6 Å². The van der Waals surface area contributed by atoms with E-state index in [9.17, 15) is 18.3 Å². The minimum absolute atomic E-state index is 0.0140. The molecule has 0 aromatic carbocycles. The molecular weight excluding hydrogens is 217 g/mol. The number of alkyl halides is 3. The highest BCUT2D eigenvalue weighted by molar-refractivity contribution is 6.30. The van der Waals surface area contributed by atoms with Crippen molar-refractivity contribution in [3.05, 3.63) is 11.1 Å². The zero-order valence-electron chi connectivity index (χ0n) is 7.57. The molecule has 0 aromatic heterocycles. The minimum Gasteiger partial charge on any atom is -0.384 e.